The van der Waals surface area contributed by atoms with E-state index in [0.29, 0.717) is 13.1 Å². The van der Waals surface area contributed by atoms with E-state index >= 15 is 0 Å². The Morgan fingerprint density at radius 3 is 2.53 bits per heavy atom. The minimum absolute atomic E-state index is 0.0288. The van der Waals surface area contributed by atoms with Crippen molar-refractivity contribution < 1.29 is 14.6 Å². The van der Waals surface area contributed by atoms with Crippen molar-refractivity contribution in [3.8, 4) is 17.0 Å². The van der Waals surface area contributed by atoms with E-state index in [-0.39, 0.29) is 24.3 Å². The van der Waals surface area contributed by atoms with Gasteiger partial charge in [-0.1, -0.05) is 13.8 Å². The van der Waals surface area contributed by atoms with Crippen LogP contribution in [0.5, 0.6) is 5.75 Å². The fourth-order valence-electron chi connectivity index (χ4n) is 5.30. The molecule has 4 heterocycles. The fraction of sp³-hybridized carbons (Fsp3) is 0.483. The summed E-state index contributed by atoms with van der Waals surface area (Å²) in [5.41, 5.74) is 9.86. The highest BCUT2D eigenvalue weighted by Gasteiger charge is 2.28. The number of anilines is 2. The molecule has 2 aliphatic heterocycles. The molecule has 9 heteroatoms. The summed E-state index contributed by atoms with van der Waals surface area (Å²) in [6.45, 7) is 8.63. The first-order chi connectivity index (χ1) is 18.4. The number of aromatic nitrogens is 2. The predicted octanol–water partition coefficient (Wildman–Crippen LogP) is 2.76. The van der Waals surface area contributed by atoms with Gasteiger partial charge in [0.15, 0.2) is 0 Å². The van der Waals surface area contributed by atoms with Crippen LogP contribution >= 0.6 is 0 Å². The molecule has 0 radical (unpaired) electrons. The van der Waals surface area contributed by atoms with Gasteiger partial charge in [-0.3, -0.25) is 4.79 Å². The maximum Gasteiger partial charge on any atom is 0.239 e. The number of methoxy groups -OCH3 is 1. The molecule has 1 aromatic carbocycles. The first-order valence-corrected chi connectivity index (χ1v) is 13.5. The lowest BCUT2D eigenvalue weighted by atomic mass is 10.0. The molecule has 2 aliphatic rings. The number of amides is 1. The molecular formula is C29H38N6O3. The minimum Gasteiger partial charge on any atom is -0.497 e. The maximum absolute atomic E-state index is 12.6. The van der Waals surface area contributed by atoms with Crippen molar-refractivity contribution in [2.45, 2.75) is 26.3 Å². The second kappa shape index (κ2) is 11.1. The Morgan fingerprint density at radius 1 is 1.11 bits per heavy atom. The molecule has 0 bridgehead atoms. The van der Waals surface area contributed by atoms with E-state index in [1.165, 1.54) is 0 Å². The number of ether oxygens (including phenoxy) is 1. The molecule has 2 fully saturated rings. The monoisotopic (exact) mass is 518 g/mol. The molecule has 2 unspecified atom stereocenters. The van der Waals surface area contributed by atoms with Crippen LogP contribution < -0.4 is 20.3 Å². The zero-order valence-corrected chi connectivity index (χ0v) is 22.5. The van der Waals surface area contributed by atoms with Crippen molar-refractivity contribution in [1.29, 1.82) is 0 Å². The Hall–Kier alpha value is -3.43. The number of benzene rings is 1. The standard InChI is InChI=1S/C29H38N6O3/c1-19(2)28(30)29(37)34-12-10-33(11-13-34)27-7-4-21(16-31-27)24-15-26(35-9-8-20(17-35)18-36)23-6-5-22(38-3)14-25(23)32-24/h4-7,14-16,19-20,28,36H,8-13,17-18,30H2,1-3H3. The molecule has 0 saturated carbocycles. The Kier molecular flexibility index (Phi) is 7.67. The zero-order valence-electron chi connectivity index (χ0n) is 22.5. The van der Waals surface area contributed by atoms with E-state index in [1.807, 2.05) is 43.1 Å². The van der Waals surface area contributed by atoms with Crippen molar-refractivity contribution in [1.82, 2.24) is 14.9 Å². The van der Waals surface area contributed by atoms with Crippen LogP contribution in [-0.2, 0) is 4.79 Å². The summed E-state index contributed by atoms with van der Waals surface area (Å²) in [5, 5.41) is 10.7. The van der Waals surface area contributed by atoms with Crippen molar-refractivity contribution in [2.75, 3.05) is 62.8 Å². The summed E-state index contributed by atoms with van der Waals surface area (Å²) in [6.07, 6.45) is 2.85. The van der Waals surface area contributed by atoms with Gasteiger partial charge in [0.25, 0.3) is 0 Å². The van der Waals surface area contributed by atoms with Crippen molar-refractivity contribution in [2.24, 2.45) is 17.6 Å². The van der Waals surface area contributed by atoms with Gasteiger partial charge < -0.3 is 30.3 Å². The van der Waals surface area contributed by atoms with Crippen molar-refractivity contribution >= 4 is 28.3 Å². The lowest BCUT2D eigenvalue weighted by Gasteiger charge is -2.37. The Labute approximate surface area is 224 Å². The summed E-state index contributed by atoms with van der Waals surface area (Å²) >= 11 is 0. The molecule has 3 aromatic rings. The molecule has 5 rings (SSSR count). The number of fused-ring (bicyclic) bond motifs is 1. The molecule has 38 heavy (non-hydrogen) atoms. The SMILES string of the molecule is COc1ccc2c(N3CCC(CO)C3)cc(-c3ccc(N4CCN(C(=O)C(N)C(C)C)CC4)nc3)nc2c1. The van der Waals surface area contributed by atoms with Crippen molar-refractivity contribution in [3.05, 3.63) is 42.6 Å². The van der Waals surface area contributed by atoms with Gasteiger partial charge in [0.1, 0.15) is 11.6 Å². The number of aliphatic hydroxyl groups is 1. The number of hydrogen-bond acceptors (Lipinski definition) is 8. The van der Waals surface area contributed by atoms with Crippen molar-refractivity contribution in [3.63, 3.8) is 0 Å². The van der Waals surface area contributed by atoms with Gasteiger partial charge in [-0.05, 0) is 42.7 Å². The highest BCUT2D eigenvalue weighted by molar-refractivity contribution is 5.95. The second-order valence-electron chi connectivity index (χ2n) is 10.7. The molecule has 0 aliphatic carbocycles. The third-order valence-corrected chi connectivity index (χ3v) is 7.84. The van der Waals surface area contributed by atoms with Crippen LogP contribution in [0.25, 0.3) is 22.2 Å². The average molecular weight is 519 g/mol. The summed E-state index contributed by atoms with van der Waals surface area (Å²) < 4.78 is 5.46. The van der Waals surface area contributed by atoms with E-state index in [0.717, 1.165) is 72.0 Å². The van der Waals surface area contributed by atoms with E-state index in [2.05, 4.69) is 28.0 Å². The molecule has 3 N–H and O–H groups in total. The summed E-state index contributed by atoms with van der Waals surface area (Å²) in [4.78, 5) is 28.8. The predicted molar refractivity (Wildman–Crippen MR) is 151 cm³/mol. The smallest absolute Gasteiger partial charge is 0.239 e. The van der Waals surface area contributed by atoms with Gasteiger partial charge >= 0.3 is 0 Å². The molecule has 2 saturated heterocycles. The average Bonchev–Trinajstić information content (AvgIpc) is 3.45. The Bertz CT molecular complexity index is 1270. The fourth-order valence-corrected chi connectivity index (χ4v) is 5.30. The van der Waals surface area contributed by atoms with Crippen LogP contribution in [0.15, 0.2) is 42.6 Å². The number of carbonyl (C=O) groups excluding carboxylic acids is 1. The Balaban J connectivity index is 1.37. The van der Waals surface area contributed by atoms with Gasteiger partial charge in [0.05, 0.1) is 24.4 Å². The third-order valence-electron chi connectivity index (χ3n) is 7.84. The molecular weight excluding hydrogens is 480 g/mol. The number of carbonyl (C=O) groups is 1. The Morgan fingerprint density at radius 2 is 1.89 bits per heavy atom. The second-order valence-corrected chi connectivity index (χ2v) is 10.7. The van der Waals surface area contributed by atoms with Crippen LogP contribution in [0.2, 0.25) is 0 Å². The van der Waals surface area contributed by atoms with Gasteiger partial charge in [0, 0.05) is 80.7 Å². The molecule has 2 aromatic heterocycles. The van der Waals surface area contributed by atoms with Crippen LogP contribution in [0.3, 0.4) is 0 Å². The molecule has 1 amide bonds. The number of hydrogen-bond donors (Lipinski definition) is 2. The van der Waals surface area contributed by atoms with Gasteiger partial charge in [-0.15, -0.1) is 0 Å². The number of pyridine rings is 2. The van der Waals surface area contributed by atoms with E-state index in [4.69, 9.17) is 20.4 Å². The van der Waals surface area contributed by atoms with Crippen LogP contribution in [0.1, 0.15) is 20.3 Å². The quantitative estimate of drug-likeness (QED) is 0.492. The minimum atomic E-state index is -0.451. The van der Waals surface area contributed by atoms with Gasteiger partial charge in [-0.25, -0.2) is 9.97 Å². The molecule has 9 nitrogen and oxygen atoms in total. The van der Waals surface area contributed by atoms with Gasteiger partial charge in [-0.2, -0.15) is 0 Å². The first kappa shape index (κ1) is 26.2. The number of rotatable bonds is 7. The first-order valence-electron chi connectivity index (χ1n) is 13.5. The summed E-state index contributed by atoms with van der Waals surface area (Å²) in [5.74, 6) is 2.10. The summed E-state index contributed by atoms with van der Waals surface area (Å²) in [6, 6.07) is 11.8. The van der Waals surface area contributed by atoms with Crippen LogP contribution in [0.4, 0.5) is 11.5 Å². The molecule has 0 spiro atoms. The molecule has 2 atom stereocenters. The number of nitrogens with two attached hydrogens (primary N) is 1. The summed E-state index contributed by atoms with van der Waals surface area (Å²) in [7, 11) is 1.66. The highest BCUT2D eigenvalue weighted by atomic mass is 16.5. The highest BCUT2D eigenvalue weighted by Crippen LogP contribution is 2.35. The van der Waals surface area contributed by atoms with E-state index in [1.54, 1.807) is 7.11 Å². The normalized spacial score (nSPS) is 18.9. The van der Waals surface area contributed by atoms with Gasteiger partial charge in [0.2, 0.25) is 5.91 Å². The lowest BCUT2D eigenvalue weighted by molar-refractivity contribution is -0.133. The topological polar surface area (TPSA) is 108 Å². The number of nitrogens with zero attached hydrogens (tertiary/aromatic N) is 5. The van der Waals surface area contributed by atoms with E-state index in [9.17, 15) is 9.90 Å². The third kappa shape index (κ3) is 5.26. The zero-order chi connectivity index (χ0) is 26.8. The molecule has 202 valence electrons. The number of aliphatic hydroxyl groups excluding tert-OH is 1. The number of piperazine rings is 1. The van der Waals surface area contributed by atoms with Crippen LogP contribution in [0, 0.1) is 11.8 Å². The van der Waals surface area contributed by atoms with Crippen LogP contribution in [-0.4, -0.2) is 84.9 Å². The maximum atomic E-state index is 12.6. The van der Waals surface area contributed by atoms with E-state index < -0.39 is 6.04 Å². The lowest BCUT2D eigenvalue weighted by Crippen LogP contribution is -2.54. The largest absolute Gasteiger partial charge is 0.497 e.